The van der Waals surface area contributed by atoms with Crippen molar-refractivity contribution < 1.29 is 14.0 Å². The molecule has 10 heteroatoms. The predicted octanol–water partition coefficient (Wildman–Crippen LogP) is 4.37. The Morgan fingerprint density at radius 1 is 1.29 bits per heavy atom. The maximum Gasteiger partial charge on any atom is 0.274 e. The van der Waals surface area contributed by atoms with Crippen LogP contribution < -0.4 is 5.32 Å². The average molecular weight is 499 g/mol. The molecule has 1 fully saturated rings. The maximum absolute atomic E-state index is 13.6. The Hall–Kier alpha value is -3.14. The third-order valence-electron chi connectivity index (χ3n) is 5.96. The SMILES string of the molecule is CC(Nc1nc(C(=O)N2CC(CN(C)C(=O)CC(C)(C)C)C2)c2sccc2n1)c1cncc(F)c1. The van der Waals surface area contributed by atoms with Gasteiger partial charge in [-0.15, -0.1) is 11.3 Å². The standard InChI is InChI=1S/C25H31FN6O2S/c1-15(17-8-18(26)11-27-10-17)28-24-29-19-6-7-35-22(19)21(30-24)23(34)32-13-16(14-32)12-31(5)20(33)9-25(2,3)4/h6-8,10-11,15-16H,9,12-14H2,1-5H3,(H,28,29,30). The van der Waals surface area contributed by atoms with Gasteiger partial charge in [-0.05, 0) is 35.4 Å². The van der Waals surface area contributed by atoms with Crippen molar-refractivity contribution in [2.75, 3.05) is 32.0 Å². The second kappa shape index (κ2) is 9.85. The van der Waals surface area contributed by atoms with Gasteiger partial charge in [-0.3, -0.25) is 14.6 Å². The fourth-order valence-electron chi connectivity index (χ4n) is 4.09. The van der Waals surface area contributed by atoms with Crippen LogP contribution in [0.4, 0.5) is 10.3 Å². The molecule has 1 aliphatic rings. The fraction of sp³-hybridized carbons (Fsp3) is 0.480. The van der Waals surface area contributed by atoms with Crippen molar-refractivity contribution in [2.45, 2.75) is 40.2 Å². The summed E-state index contributed by atoms with van der Waals surface area (Å²) in [5, 5.41) is 5.05. The first kappa shape index (κ1) is 25.0. The molecule has 0 saturated carbocycles. The Kier molecular flexibility index (Phi) is 7.02. The zero-order valence-corrected chi connectivity index (χ0v) is 21.5. The molecule has 0 aliphatic carbocycles. The van der Waals surface area contributed by atoms with Crippen molar-refractivity contribution in [1.82, 2.24) is 24.8 Å². The Labute approximate surface area is 208 Å². The van der Waals surface area contributed by atoms with Crippen molar-refractivity contribution in [3.8, 4) is 0 Å². The molecular formula is C25H31FN6O2S. The molecule has 8 nitrogen and oxygen atoms in total. The summed E-state index contributed by atoms with van der Waals surface area (Å²) in [6.07, 6.45) is 3.23. The molecule has 1 N–H and O–H groups in total. The van der Waals surface area contributed by atoms with Crippen molar-refractivity contribution >= 4 is 39.3 Å². The summed E-state index contributed by atoms with van der Waals surface area (Å²) >= 11 is 1.43. The number of pyridine rings is 1. The number of nitrogens with zero attached hydrogens (tertiary/aromatic N) is 5. The van der Waals surface area contributed by atoms with Crippen LogP contribution in [0.15, 0.2) is 29.9 Å². The Balaban J connectivity index is 1.43. The molecule has 3 aromatic heterocycles. The van der Waals surface area contributed by atoms with E-state index in [2.05, 4.69) is 41.0 Å². The van der Waals surface area contributed by atoms with Gasteiger partial charge in [-0.2, -0.15) is 0 Å². The largest absolute Gasteiger partial charge is 0.348 e. The molecule has 186 valence electrons. The molecule has 0 spiro atoms. The number of carbonyl (C=O) groups is 2. The van der Waals surface area contributed by atoms with Gasteiger partial charge >= 0.3 is 0 Å². The van der Waals surface area contributed by atoms with Gasteiger partial charge in [0.25, 0.3) is 5.91 Å². The van der Waals surface area contributed by atoms with E-state index in [0.717, 1.165) is 10.9 Å². The second-order valence-corrected chi connectivity index (χ2v) is 11.3. The summed E-state index contributed by atoms with van der Waals surface area (Å²) in [7, 11) is 1.82. The minimum Gasteiger partial charge on any atom is -0.348 e. The Morgan fingerprint density at radius 2 is 2.03 bits per heavy atom. The van der Waals surface area contributed by atoms with Gasteiger partial charge in [-0.25, -0.2) is 14.4 Å². The van der Waals surface area contributed by atoms with Crippen LogP contribution in [0, 0.1) is 17.2 Å². The zero-order chi connectivity index (χ0) is 25.3. The van der Waals surface area contributed by atoms with E-state index in [1.165, 1.54) is 17.4 Å². The summed E-state index contributed by atoms with van der Waals surface area (Å²) < 4.78 is 14.3. The van der Waals surface area contributed by atoms with Gasteiger partial charge in [0, 0.05) is 45.2 Å². The van der Waals surface area contributed by atoms with Gasteiger partial charge in [-0.1, -0.05) is 20.8 Å². The number of halogens is 1. The lowest BCUT2D eigenvalue weighted by atomic mass is 9.91. The molecule has 4 heterocycles. The van der Waals surface area contributed by atoms with Crippen molar-refractivity contribution in [1.29, 1.82) is 0 Å². The number of hydrogen-bond acceptors (Lipinski definition) is 7. The van der Waals surface area contributed by atoms with E-state index < -0.39 is 5.82 Å². The van der Waals surface area contributed by atoms with E-state index >= 15 is 0 Å². The van der Waals surface area contributed by atoms with Crippen molar-refractivity contribution in [3.05, 3.63) is 47.0 Å². The van der Waals surface area contributed by atoms with Crippen LogP contribution in [0.5, 0.6) is 0 Å². The number of rotatable bonds is 7. The molecule has 2 amide bonds. The second-order valence-electron chi connectivity index (χ2n) is 10.4. The highest BCUT2D eigenvalue weighted by Gasteiger charge is 2.35. The minimum absolute atomic E-state index is 0.0551. The third-order valence-corrected chi connectivity index (χ3v) is 6.87. The normalized spacial score (nSPS) is 15.1. The maximum atomic E-state index is 13.6. The van der Waals surface area contributed by atoms with Gasteiger partial charge in [0.2, 0.25) is 11.9 Å². The summed E-state index contributed by atoms with van der Waals surface area (Å²) in [5.74, 6) is 0.103. The third kappa shape index (κ3) is 5.93. The van der Waals surface area contributed by atoms with E-state index in [-0.39, 0.29) is 29.2 Å². The first-order valence-electron chi connectivity index (χ1n) is 11.7. The Bertz CT molecular complexity index is 1230. The lowest BCUT2D eigenvalue weighted by molar-refractivity contribution is -0.132. The van der Waals surface area contributed by atoms with Crippen LogP contribution in [0.1, 0.15) is 56.2 Å². The number of hydrogen-bond donors (Lipinski definition) is 1. The zero-order valence-electron chi connectivity index (χ0n) is 20.7. The Morgan fingerprint density at radius 3 is 2.71 bits per heavy atom. The highest BCUT2D eigenvalue weighted by atomic mass is 32.1. The van der Waals surface area contributed by atoms with Crippen LogP contribution in [0.2, 0.25) is 0 Å². The van der Waals surface area contributed by atoms with Gasteiger partial charge in [0.05, 0.1) is 22.5 Å². The number of fused-ring (bicyclic) bond motifs is 1. The molecule has 1 aliphatic heterocycles. The summed E-state index contributed by atoms with van der Waals surface area (Å²) in [6.45, 7) is 9.80. The molecular weight excluding hydrogens is 467 g/mol. The first-order chi connectivity index (χ1) is 16.5. The quantitative estimate of drug-likeness (QED) is 0.520. The number of thiophene rings is 1. The summed E-state index contributed by atoms with van der Waals surface area (Å²) in [6, 6.07) is 2.96. The van der Waals surface area contributed by atoms with Crippen LogP contribution in [-0.4, -0.2) is 63.2 Å². The molecule has 4 rings (SSSR count). The average Bonchev–Trinajstić information content (AvgIpc) is 3.22. The van der Waals surface area contributed by atoms with E-state index in [9.17, 15) is 14.0 Å². The van der Waals surface area contributed by atoms with Crippen LogP contribution >= 0.6 is 11.3 Å². The smallest absolute Gasteiger partial charge is 0.274 e. The number of amides is 2. The molecule has 1 atom stereocenters. The monoisotopic (exact) mass is 498 g/mol. The number of likely N-dealkylation sites (tertiary alicyclic amines) is 1. The summed E-state index contributed by atoms with van der Waals surface area (Å²) in [5.41, 5.74) is 1.64. The molecule has 35 heavy (non-hydrogen) atoms. The summed E-state index contributed by atoms with van der Waals surface area (Å²) in [4.78, 5) is 42.2. The lowest BCUT2D eigenvalue weighted by Crippen LogP contribution is -2.54. The highest BCUT2D eigenvalue weighted by Crippen LogP contribution is 2.29. The van der Waals surface area contributed by atoms with Crippen LogP contribution in [0.3, 0.4) is 0 Å². The molecule has 0 bridgehead atoms. The first-order valence-corrected chi connectivity index (χ1v) is 12.5. The molecule has 1 unspecified atom stereocenters. The van der Waals surface area contributed by atoms with Crippen LogP contribution in [-0.2, 0) is 4.79 Å². The highest BCUT2D eigenvalue weighted by molar-refractivity contribution is 7.17. The molecule has 1 saturated heterocycles. The number of nitrogens with one attached hydrogen (secondary N) is 1. The number of carbonyl (C=O) groups excluding carboxylic acids is 2. The number of aromatic nitrogens is 3. The minimum atomic E-state index is -0.417. The van der Waals surface area contributed by atoms with Crippen molar-refractivity contribution in [3.63, 3.8) is 0 Å². The topological polar surface area (TPSA) is 91.3 Å². The van der Waals surface area contributed by atoms with Crippen LogP contribution in [0.25, 0.3) is 10.2 Å². The fourth-order valence-corrected chi connectivity index (χ4v) is 4.91. The van der Waals surface area contributed by atoms with Crippen molar-refractivity contribution in [2.24, 2.45) is 11.3 Å². The van der Waals surface area contributed by atoms with Gasteiger partial charge in [0.15, 0.2) is 5.69 Å². The van der Waals surface area contributed by atoms with E-state index in [0.29, 0.717) is 48.8 Å². The number of anilines is 1. The molecule has 3 aromatic rings. The van der Waals surface area contributed by atoms with Gasteiger partial charge in [0.1, 0.15) is 5.82 Å². The lowest BCUT2D eigenvalue weighted by Gasteiger charge is -2.41. The van der Waals surface area contributed by atoms with E-state index in [1.54, 1.807) is 16.0 Å². The van der Waals surface area contributed by atoms with Gasteiger partial charge < -0.3 is 15.1 Å². The predicted molar refractivity (Wildman–Crippen MR) is 135 cm³/mol. The van der Waals surface area contributed by atoms with E-state index in [4.69, 9.17) is 0 Å². The van der Waals surface area contributed by atoms with E-state index in [1.807, 2.05) is 25.4 Å². The molecule has 0 radical (unpaired) electrons. The molecule has 0 aromatic carbocycles.